The Labute approximate surface area is 202 Å². The van der Waals surface area contributed by atoms with Crippen molar-refractivity contribution < 1.29 is 4.79 Å². The van der Waals surface area contributed by atoms with Gasteiger partial charge in [0, 0.05) is 35.9 Å². The van der Waals surface area contributed by atoms with E-state index in [-0.39, 0.29) is 0 Å². The molecule has 0 spiro atoms. The van der Waals surface area contributed by atoms with E-state index in [2.05, 4.69) is 57.4 Å². The Hall–Kier alpha value is -1.36. The Bertz CT molecular complexity index is 894. The number of benzene rings is 1. The number of imidazole rings is 1. The second kappa shape index (κ2) is 11.2. The summed E-state index contributed by atoms with van der Waals surface area (Å²) in [5.74, 6) is 2.93. The maximum absolute atomic E-state index is 13.3. The third kappa shape index (κ3) is 5.40. The second-order valence-electron chi connectivity index (χ2n) is 9.98. The van der Waals surface area contributed by atoms with Gasteiger partial charge in [-0.25, -0.2) is 4.98 Å². The Morgan fingerprint density at radius 2 is 1.84 bits per heavy atom. The van der Waals surface area contributed by atoms with Gasteiger partial charge in [-0.1, -0.05) is 55.0 Å². The van der Waals surface area contributed by atoms with E-state index < -0.39 is 0 Å². The fourth-order valence-corrected chi connectivity index (χ4v) is 6.51. The monoisotopic (exact) mass is 501 g/mol. The van der Waals surface area contributed by atoms with Crippen LogP contribution in [0.5, 0.6) is 0 Å². The lowest BCUT2D eigenvalue weighted by Gasteiger charge is -2.34. The van der Waals surface area contributed by atoms with Crippen LogP contribution in [0.15, 0.2) is 22.7 Å². The van der Waals surface area contributed by atoms with Gasteiger partial charge in [0.15, 0.2) is 0 Å². The zero-order valence-corrected chi connectivity index (χ0v) is 21.6. The van der Waals surface area contributed by atoms with E-state index in [1.807, 2.05) is 0 Å². The van der Waals surface area contributed by atoms with Crippen molar-refractivity contribution in [3.8, 4) is 0 Å². The van der Waals surface area contributed by atoms with Crippen LogP contribution in [-0.4, -0.2) is 32.9 Å². The number of hydrogen-bond donors (Lipinski definition) is 0. The number of carbonyl (C=O) groups excluding carboxylic acids is 1. The lowest BCUT2D eigenvalue weighted by molar-refractivity contribution is -0.134. The van der Waals surface area contributed by atoms with E-state index in [4.69, 9.17) is 4.98 Å². The molecule has 0 bridgehead atoms. The van der Waals surface area contributed by atoms with Crippen LogP contribution in [0.4, 0.5) is 0 Å². The molecule has 0 atom stereocenters. The number of aryl methyl sites for hydroxylation is 1. The van der Waals surface area contributed by atoms with Crippen molar-refractivity contribution in [2.45, 2.75) is 109 Å². The van der Waals surface area contributed by atoms with Crippen LogP contribution in [0.2, 0.25) is 0 Å². The van der Waals surface area contributed by atoms with Crippen LogP contribution in [0, 0.1) is 5.92 Å². The minimum Gasteiger partial charge on any atom is -0.340 e. The average Bonchev–Trinajstić information content (AvgIpc) is 3.17. The molecule has 1 heterocycles. The van der Waals surface area contributed by atoms with Gasteiger partial charge in [-0.2, -0.15) is 0 Å². The van der Waals surface area contributed by atoms with Crippen LogP contribution in [0.3, 0.4) is 0 Å². The van der Waals surface area contributed by atoms with Crippen molar-refractivity contribution in [1.82, 2.24) is 14.5 Å². The zero-order valence-electron chi connectivity index (χ0n) is 20.0. The van der Waals surface area contributed by atoms with Crippen molar-refractivity contribution in [2.24, 2.45) is 5.92 Å². The molecule has 5 heteroatoms. The minimum atomic E-state index is 0.314. The first kappa shape index (κ1) is 23.8. The molecule has 2 aliphatic carbocycles. The van der Waals surface area contributed by atoms with Crippen molar-refractivity contribution in [3.63, 3.8) is 0 Å². The van der Waals surface area contributed by atoms with Crippen LogP contribution >= 0.6 is 15.9 Å². The lowest BCUT2D eigenvalue weighted by atomic mass is 9.79. The predicted octanol–water partition coefficient (Wildman–Crippen LogP) is 7.44. The summed E-state index contributed by atoms with van der Waals surface area (Å²) in [4.78, 5) is 20.5. The number of nitrogens with zero attached hydrogens (tertiary/aromatic N) is 3. The molecule has 2 aromatic rings. The second-order valence-corrected chi connectivity index (χ2v) is 10.9. The van der Waals surface area contributed by atoms with Gasteiger partial charge in [0.05, 0.1) is 11.0 Å². The van der Waals surface area contributed by atoms with Gasteiger partial charge in [-0.05, 0) is 69.6 Å². The summed E-state index contributed by atoms with van der Waals surface area (Å²) < 4.78 is 3.45. The molecule has 2 fully saturated rings. The Morgan fingerprint density at radius 3 is 2.53 bits per heavy atom. The Morgan fingerprint density at radius 1 is 1.09 bits per heavy atom. The molecule has 4 nitrogen and oxygen atoms in total. The molecule has 2 saturated carbocycles. The predicted molar refractivity (Wildman–Crippen MR) is 136 cm³/mol. The largest absolute Gasteiger partial charge is 0.340 e. The minimum absolute atomic E-state index is 0.314. The molecule has 0 aliphatic heterocycles. The number of fused-ring (bicyclic) bond motifs is 1. The number of rotatable bonds is 8. The highest BCUT2D eigenvalue weighted by molar-refractivity contribution is 9.10. The molecule has 4 rings (SSSR count). The SMILES string of the molecule is CCCC1CCC(c2nc3ccc(Br)cc3n2CCC(=O)N(CC)C2CCCCC2)CC1. The highest BCUT2D eigenvalue weighted by Gasteiger charge is 2.28. The highest BCUT2D eigenvalue weighted by Crippen LogP contribution is 2.38. The molecular weight excluding hydrogens is 462 g/mol. The highest BCUT2D eigenvalue weighted by atomic mass is 79.9. The summed E-state index contributed by atoms with van der Waals surface area (Å²) in [6.45, 7) is 6.00. The fourth-order valence-electron chi connectivity index (χ4n) is 6.16. The first-order valence-electron chi connectivity index (χ1n) is 13.1. The normalized spacial score (nSPS) is 22.3. The molecule has 0 unspecified atom stereocenters. The van der Waals surface area contributed by atoms with Gasteiger partial charge in [0.25, 0.3) is 0 Å². The molecule has 1 aromatic heterocycles. The third-order valence-corrected chi connectivity index (χ3v) is 8.37. The Kier molecular flexibility index (Phi) is 8.31. The molecule has 1 aromatic carbocycles. The van der Waals surface area contributed by atoms with E-state index in [1.54, 1.807) is 0 Å². The summed E-state index contributed by atoms with van der Waals surface area (Å²) in [6.07, 6.45) is 14.5. The number of hydrogen-bond acceptors (Lipinski definition) is 2. The molecule has 0 radical (unpaired) electrons. The summed E-state index contributed by atoms with van der Waals surface area (Å²) in [6, 6.07) is 6.82. The van der Waals surface area contributed by atoms with Gasteiger partial charge < -0.3 is 9.47 Å². The maximum atomic E-state index is 13.3. The van der Waals surface area contributed by atoms with Gasteiger partial charge in [0.1, 0.15) is 5.82 Å². The van der Waals surface area contributed by atoms with Gasteiger partial charge in [-0.15, -0.1) is 0 Å². The number of aromatic nitrogens is 2. The lowest BCUT2D eigenvalue weighted by Crippen LogP contribution is -2.41. The number of halogens is 1. The molecule has 0 N–H and O–H groups in total. The van der Waals surface area contributed by atoms with Crippen LogP contribution < -0.4 is 0 Å². The summed E-state index contributed by atoms with van der Waals surface area (Å²) in [7, 11) is 0. The van der Waals surface area contributed by atoms with Gasteiger partial charge in [-0.3, -0.25) is 4.79 Å². The smallest absolute Gasteiger partial charge is 0.224 e. The van der Waals surface area contributed by atoms with Crippen molar-refractivity contribution >= 4 is 32.9 Å². The quantitative estimate of drug-likeness (QED) is 0.376. The molecular formula is C27H40BrN3O. The average molecular weight is 503 g/mol. The standard InChI is InChI=1S/C27H40BrN3O/c1-3-8-20-11-13-21(14-12-20)27-29-24-16-15-22(28)19-25(24)31(27)18-17-26(32)30(4-2)23-9-6-5-7-10-23/h15-16,19-21,23H,3-14,17-18H2,1-2H3. The molecule has 0 saturated heterocycles. The van der Waals surface area contributed by atoms with Crippen LogP contribution in [0.25, 0.3) is 11.0 Å². The van der Waals surface area contributed by atoms with Gasteiger partial charge in [0.2, 0.25) is 5.91 Å². The van der Waals surface area contributed by atoms with Gasteiger partial charge >= 0.3 is 0 Å². The molecule has 1 amide bonds. The van der Waals surface area contributed by atoms with Crippen molar-refractivity contribution in [2.75, 3.05) is 6.54 Å². The van der Waals surface area contributed by atoms with E-state index >= 15 is 0 Å². The molecule has 32 heavy (non-hydrogen) atoms. The molecule has 2 aliphatic rings. The fraction of sp³-hybridized carbons (Fsp3) is 0.704. The summed E-state index contributed by atoms with van der Waals surface area (Å²) >= 11 is 3.65. The summed E-state index contributed by atoms with van der Waals surface area (Å²) in [5.41, 5.74) is 2.23. The number of amides is 1. The topological polar surface area (TPSA) is 38.1 Å². The zero-order chi connectivity index (χ0) is 22.5. The first-order valence-corrected chi connectivity index (χ1v) is 13.8. The maximum Gasteiger partial charge on any atom is 0.224 e. The third-order valence-electron chi connectivity index (χ3n) is 7.87. The van der Waals surface area contributed by atoms with Crippen molar-refractivity contribution in [1.29, 1.82) is 0 Å². The van der Waals surface area contributed by atoms with Crippen LogP contribution in [0.1, 0.15) is 103 Å². The van der Waals surface area contributed by atoms with Crippen LogP contribution in [-0.2, 0) is 11.3 Å². The Balaban J connectivity index is 1.52. The van der Waals surface area contributed by atoms with E-state index in [0.29, 0.717) is 24.3 Å². The van der Waals surface area contributed by atoms with E-state index in [9.17, 15) is 4.79 Å². The van der Waals surface area contributed by atoms with E-state index in [0.717, 1.165) is 29.0 Å². The summed E-state index contributed by atoms with van der Waals surface area (Å²) in [5, 5.41) is 0. The van der Waals surface area contributed by atoms with E-state index in [1.165, 1.54) is 82.0 Å². The van der Waals surface area contributed by atoms with Crippen molar-refractivity contribution in [3.05, 3.63) is 28.5 Å². The first-order chi connectivity index (χ1) is 15.6. The molecule has 176 valence electrons. The number of carbonyl (C=O) groups is 1.